The van der Waals surface area contributed by atoms with E-state index in [2.05, 4.69) is 44.5 Å². The van der Waals surface area contributed by atoms with Crippen LogP contribution in [0.25, 0.3) is 11.0 Å². The third kappa shape index (κ3) is 4.10. The molecule has 2 heterocycles. The lowest BCUT2D eigenvalue weighted by Crippen LogP contribution is -2.31. The normalized spacial score (nSPS) is 16.3. The molecule has 3 aromatic rings. The van der Waals surface area contributed by atoms with E-state index in [1.54, 1.807) is 20.5 Å². The highest BCUT2D eigenvalue weighted by Gasteiger charge is 2.33. The van der Waals surface area contributed by atoms with E-state index < -0.39 is 0 Å². The molecule has 1 fully saturated rings. The zero-order chi connectivity index (χ0) is 20.9. The van der Waals surface area contributed by atoms with E-state index in [9.17, 15) is 4.79 Å². The van der Waals surface area contributed by atoms with E-state index in [4.69, 9.17) is 9.47 Å². The van der Waals surface area contributed by atoms with Crippen LogP contribution in [0.4, 0.5) is 16.2 Å². The minimum absolute atomic E-state index is 0.0710. The number of nitrogens with zero attached hydrogens (tertiary/aromatic N) is 3. The largest absolute Gasteiger partial charge is 0.383 e. The van der Waals surface area contributed by atoms with Gasteiger partial charge in [-0.05, 0) is 35.9 Å². The van der Waals surface area contributed by atoms with Gasteiger partial charge in [0.1, 0.15) is 0 Å². The van der Waals surface area contributed by atoms with E-state index in [1.807, 2.05) is 23.1 Å². The number of methoxy groups -OCH3 is 2. The number of carbonyl (C=O) groups excluding carboxylic acids is 1. The summed E-state index contributed by atoms with van der Waals surface area (Å²) < 4.78 is 10.5. The minimum Gasteiger partial charge on any atom is -0.383 e. The Morgan fingerprint density at radius 3 is 2.53 bits per heavy atom. The summed E-state index contributed by atoms with van der Waals surface area (Å²) in [7, 11) is 3.41. The summed E-state index contributed by atoms with van der Waals surface area (Å²) in [5.41, 5.74) is 4.83. The topological polar surface area (TPSA) is 82.7 Å². The third-order valence-corrected chi connectivity index (χ3v) is 5.43. The van der Waals surface area contributed by atoms with Crippen LogP contribution in [0, 0.1) is 0 Å². The van der Waals surface area contributed by atoms with Crippen molar-refractivity contribution in [2.24, 2.45) is 0 Å². The second kappa shape index (κ2) is 9.15. The third-order valence-electron chi connectivity index (χ3n) is 5.43. The molecular formula is C22H27N5O3. The van der Waals surface area contributed by atoms with E-state index in [1.165, 1.54) is 0 Å². The summed E-state index contributed by atoms with van der Waals surface area (Å²) in [5.74, 6) is 0. The van der Waals surface area contributed by atoms with E-state index in [-0.39, 0.29) is 12.1 Å². The highest BCUT2D eigenvalue weighted by molar-refractivity contribution is 5.97. The maximum atomic E-state index is 12.6. The van der Waals surface area contributed by atoms with Crippen molar-refractivity contribution in [3.63, 3.8) is 0 Å². The van der Waals surface area contributed by atoms with Gasteiger partial charge in [-0.1, -0.05) is 12.1 Å². The second-order valence-electron chi connectivity index (χ2n) is 7.24. The van der Waals surface area contributed by atoms with Crippen LogP contribution in [-0.2, 0) is 9.47 Å². The molecule has 2 aromatic carbocycles. The van der Waals surface area contributed by atoms with E-state index in [0.29, 0.717) is 19.8 Å². The molecule has 0 bridgehead atoms. The van der Waals surface area contributed by atoms with Gasteiger partial charge in [-0.2, -0.15) is 0 Å². The lowest BCUT2D eigenvalue weighted by Gasteiger charge is -2.26. The molecule has 8 heteroatoms. The Morgan fingerprint density at radius 2 is 1.83 bits per heavy atom. The lowest BCUT2D eigenvalue weighted by molar-refractivity contribution is 0.190. The lowest BCUT2D eigenvalue weighted by atomic mass is 10.0. The first-order valence-corrected chi connectivity index (χ1v) is 10.0. The first kappa shape index (κ1) is 20.2. The molecule has 4 rings (SSSR count). The molecule has 0 aliphatic carbocycles. The highest BCUT2D eigenvalue weighted by atomic mass is 16.5. The van der Waals surface area contributed by atoms with Gasteiger partial charge in [0, 0.05) is 45.2 Å². The fraction of sp³-hybridized carbons (Fsp3) is 0.364. The number of fused-ring (bicyclic) bond motifs is 1. The molecule has 30 heavy (non-hydrogen) atoms. The van der Waals surface area contributed by atoms with Crippen molar-refractivity contribution in [2.45, 2.75) is 6.04 Å². The second-order valence-corrected chi connectivity index (χ2v) is 7.24. The Balaban J connectivity index is 1.56. The van der Waals surface area contributed by atoms with Crippen LogP contribution in [0.5, 0.6) is 0 Å². The summed E-state index contributed by atoms with van der Waals surface area (Å²) in [6.45, 7) is 3.45. The fourth-order valence-electron chi connectivity index (χ4n) is 3.82. The molecule has 8 nitrogen and oxygen atoms in total. The molecule has 0 saturated carbocycles. The predicted octanol–water partition coefficient (Wildman–Crippen LogP) is 2.93. The summed E-state index contributed by atoms with van der Waals surface area (Å²) >= 11 is 0. The van der Waals surface area contributed by atoms with Crippen molar-refractivity contribution in [3.05, 3.63) is 54.4 Å². The number of carbonyl (C=O) groups is 1. The predicted molar refractivity (Wildman–Crippen MR) is 117 cm³/mol. The molecular weight excluding hydrogens is 382 g/mol. The summed E-state index contributed by atoms with van der Waals surface area (Å²) in [5, 5.41) is 2.97. The van der Waals surface area contributed by atoms with Crippen LogP contribution >= 0.6 is 0 Å². The van der Waals surface area contributed by atoms with Gasteiger partial charge < -0.3 is 24.7 Å². The number of hydrogen-bond acceptors (Lipinski definition) is 5. The number of amides is 2. The Kier molecular flexibility index (Phi) is 6.15. The number of benzene rings is 2. The summed E-state index contributed by atoms with van der Waals surface area (Å²) in [4.78, 5) is 24.0. The van der Waals surface area contributed by atoms with Crippen LogP contribution < -0.4 is 15.1 Å². The van der Waals surface area contributed by atoms with Crippen LogP contribution in [-0.4, -0.2) is 63.1 Å². The number of nitrogens with one attached hydrogen (secondary N) is 2. The smallest absolute Gasteiger partial charge is 0.322 e. The van der Waals surface area contributed by atoms with Gasteiger partial charge in [0.15, 0.2) is 0 Å². The maximum Gasteiger partial charge on any atom is 0.322 e. The summed E-state index contributed by atoms with van der Waals surface area (Å²) in [6, 6.07) is 14.0. The molecule has 158 valence electrons. The monoisotopic (exact) mass is 409 g/mol. The highest BCUT2D eigenvalue weighted by Crippen LogP contribution is 2.32. The average Bonchev–Trinajstić information content (AvgIpc) is 3.40. The molecule has 1 atom stereocenters. The molecule has 1 aliphatic heterocycles. The van der Waals surface area contributed by atoms with Crippen molar-refractivity contribution in [1.82, 2.24) is 15.3 Å². The molecule has 2 N–H and O–H groups in total. The van der Waals surface area contributed by atoms with Crippen molar-refractivity contribution in [2.75, 3.05) is 56.9 Å². The molecule has 1 saturated heterocycles. The van der Waals surface area contributed by atoms with Crippen molar-refractivity contribution < 1.29 is 14.3 Å². The van der Waals surface area contributed by atoms with Gasteiger partial charge in [0.25, 0.3) is 0 Å². The molecule has 0 spiro atoms. The fourth-order valence-corrected chi connectivity index (χ4v) is 3.82. The molecule has 0 radical (unpaired) electrons. The van der Waals surface area contributed by atoms with Crippen molar-refractivity contribution >= 4 is 28.4 Å². The number of urea groups is 1. The zero-order valence-corrected chi connectivity index (χ0v) is 17.3. The SMILES string of the molecule is COCCN(CCOC)c1ccc(C2CNC(=O)N2c2ccc3nc[nH]c3c2)cc1. The van der Waals surface area contributed by atoms with Crippen LogP contribution in [0.1, 0.15) is 11.6 Å². The van der Waals surface area contributed by atoms with Crippen LogP contribution in [0.15, 0.2) is 48.8 Å². The zero-order valence-electron chi connectivity index (χ0n) is 17.3. The van der Waals surface area contributed by atoms with Gasteiger partial charge in [-0.25, -0.2) is 9.78 Å². The number of H-pyrrole nitrogens is 1. The Bertz CT molecular complexity index is 980. The molecule has 1 aliphatic rings. The first-order chi connectivity index (χ1) is 14.7. The number of hydrogen-bond donors (Lipinski definition) is 2. The number of ether oxygens (including phenoxy) is 2. The van der Waals surface area contributed by atoms with E-state index >= 15 is 0 Å². The molecule has 2 amide bonds. The maximum absolute atomic E-state index is 12.6. The first-order valence-electron chi connectivity index (χ1n) is 10.0. The van der Waals surface area contributed by atoms with Gasteiger partial charge in [-0.3, -0.25) is 4.90 Å². The molecule has 1 unspecified atom stereocenters. The van der Waals surface area contributed by atoms with Gasteiger partial charge in [-0.15, -0.1) is 0 Å². The standard InChI is InChI=1S/C22H27N5O3/c1-29-11-9-26(10-12-30-2)17-5-3-16(4-6-17)21-14-23-22(28)27(21)18-7-8-19-20(13-18)25-15-24-19/h3-8,13,15,21H,9-12,14H2,1-2H3,(H,23,28)(H,24,25). The Morgan fingerprint density at radius 1 is 1.10 bits per heavy atom. The van der Waals surface area contributed by atoms with Gasteiger partial charge in [0.05, 0.1) is 36.6 Å². The Hall–Kier alpha value is -3.10. The summed E-state index contributed by atoms with van der Waals surface area (Å²) in [6.07, 6.45) is 1.66. The quantitative estimate of drug-likeness (QED) is 0.568. The number of aromatic amines is 1. The minimum atomic E-state index is -0.0928. The van der Waals surface area contributed by atoms with Gasteiger partial charge >= 0.3 is 6.03 Å². The van der Waals surface area contributed by atoms with Crippen molar-refractivity contribution in [1.29, 1.82) is 0 Å². The molecule has 1 aromatic heterocycles. The van der Waals surface area contributed by atoms with E-state index in [0.717, 1.165) is 41.1 Å². The average molecular weight is 409 g/mol. The number of aromatic nitrogens is 2. The van der Waals surface area contributed by atoms with Crippen LogP contribution in [0.2, 0.25) is 0 Å². The number of anilines is 2. The van der Waals surface area contributed by atoms with Crippen LogP contribution in [0.3, 0.4) is 0 Å². The Labute approximate surface area is 175 Å². The van der Waals surface area contributed by atoms with Gasteiger partial charge in [0.2, 0.25) is 0 Å². The van der Waals surface area contributed by atoms with Crippen molar-refractivity contribution in [3.8, 4) is 0 Å². The number of rotatable bonds is 9. The number of imidazole rings is 1.